The fourth-order valence-corrected chi connectivity index (χ4v) is 2.78. The Morgan fingerprint density at radius 2 is 2.04 bits per heavy atom. The number of nitrogens with zero attached hydrogens (tertiary/aromatic N) is 3. The highest BCUT2D eigenvalue weighted by atomic mass is 32.1. The molecule has 1 aromatic heterocycles. The Kier molecular flexibility index (Phi) is 4.88. The van der Waals surface area contributed by atoms with Crippen molar-refractivity contribution in [2.24, 2.45) is 0 Å². The van der Waals surface area contributed by atoms with Crippen molar-refractivity contribution in [1.82, 2.24) is 13.6 Å². The first-order valence-corrected chi connectivity index (χ1v) is 8.02. The van der Waals surface area contributed by atoms with E-state index in [4.69, 9.17) is 0 Å². The maximum Gasteiger partial charge on any atom is 0.573 e. The Labute approximate surface area is 145 Å². The third kappa shape index (κ3) is 4.69. The Morgan fingerprint density at radius 3 is 2.60 bits per heavy atom. The van der Waals surface area contributed by atoms with Gasteiger partial charge in [-0.2, -0.15) is 8.75 Å². The molecule has 25 heavy (non-hydrogen) atoms. The number of carbonyl (C=O) groups is 1. The highest BCUT2D eigenvalue weighted by molar-refractivity contribution is 6.99. The number of amides is 2. The molecule has 0 unspecified atom stereocenters. The van der Waals surface area contributed by atoms with Crippen LogP contribution in [0.5, 0.6) is 5.75 Å². The maximum absolute atomic E-state index is 12.2. The zero-order valence-electron chi connectivity index (χ0n) is 12.8. The average molecular weight is 370 g/mol. The van der Waals surface area contributed by atoms with Crippen molar-refractivity contribution >= 4 is 29.0 Å². The molecule has 0 fully saturated rings. The molecule has 0 saturated carbocycles. The Hall–Kier alpha value is -2.62. The molecule has 2 heterocycles. The van der Waals surface area contributed by atoms with E-state index >= 15 is 0 Å². The highest BCUT2D eigenvalue weighted by Gasteiger charge is 2.31. The molecule has 2 amide bonds. The number of ether oxygens (including phenoxy) is 1. The molecule has 0 atom stereocenters. The van der Waals surface area contributed by atoms with Gasteiger partial charge in [-0.25, -0.2) is 4.79 Å². The maximum atomic E-state index is 12.2. The lowest BCUT2D eigenvalue weighted by Crippen LogP contribution is -2.37. The zero-order chi connectivity index (χ0) is 17.9. The van der Waals surface area contributed by atoms with Gasteiger partial charge in [-0.3, -0.25) is 0 Å². The lowest BCUT2D eigenvalue weighted by Gasteiger charge is -2.26. The van der Waals surface area contributed by atoms with Crippen LogP contribution < -0.4 is 10.1 Å². The van der Waals surface area contributed by atoms with Crippen LogP contribution in [0.2, 0.25) is 0 Å². The normalized spacial score (nSPS) is 14.8. The summed E-state index contributed by atoms with van der Waals surface area (Å²) in [6.07, 6.45) is -0.469. The number of urea groups is 1. The van der Waals surface area contributed by atoms with E-state index in [1.807, 2.05) is 6.08 Å². The van der Waals surface area contributed by atoms with Gasteiger partial charge in [0.2, 0.25) is 0 Å². The minimum atomic E-state index is -4.74. The van der Waals surface area contributed by atoms with Crippen LogP contribution in [0.15, 0.2) is 36.5 Å². The van der Waals surface area contributed by atoms with Crippen LogP contribution in [0.3, 0.4) is 0 Å². The van der Waals surface area contributed by atoms with Crippen LogP contribution in [0.1, 0.15) is 12.1 Å². The summed E-state index contributed by atoms with van der Waals surface area (Å²) in [4.78, 5) is 13.8. The van der Waals surface area contributed by atoms with E-state index in [0.717, 1.165) is 35.1 Å². The molecule has 132 valence electrons. The van der Waals surface area contributed by atoms with E-state index in [9.17, 15) is 18.0 Å². The van der Waals surface area contributed by atoms with E-state index in [2.05, 4.69) is 18.8 Å². The molecular formula is C15H13F3N4O2S. The fraction of sp³-hybridized carbons (Fsp3) is 0.267. The zero-order valence-corrected chi connectivity index (χ0v) is 13.6. The monoisotopic (exact) mass is 370 g/mol. The highest BCUT2D eigenvalue weighted by Crippen LogP contribution is 2.25. The number of benzene rings is 1. The second-order valence-corrected chi connectivity index (χ2v) is 5.78. The number of hydrogen-bond acceptors (Lipinski definition) is 5. The third-order valence-corrected chi connectivity index (χ3v) is 4.00. The molecule has 1 aliphatic heterocycles. The summed E-state index contributed by atoms with van der Waals surface area (Å²) in [7, 11) is 0. The molecule has 0 bridgehead atoms. The number of halogens is 3. The SMILES string of the molecule is O=C(Nc1ccc(OC(F)(F)F)cc1)N1CC=C(c2cnsn2)CC1. The number of alkyl halides is 3. The molecule has 1 aliphatic rings. The second kappa shape index (κ2) is 7.09. The summed E-state index contributed by atoms with van der Waals surface area (Å²) < 4.78 is 48.2. The number of aromatic nitrogens is 2. The minimum Gasteiger partial charge on any atom is -0.406 e. The summed E-state index contributed by atoms with van der Waals surface area (Å²) in [5.74, 6) is -0.340. The molecular weight excluding hydrogens is 357 g/mol. The van der Waals surface area contributed by atoms with Gasteiger partial charge in [-0.05, 0) is 36.3 Å². The number of anilines is 1. The van der Waals surface area contributed by atoms with Gasteiger partial charge < -0.3 is 15.0 Å². The number of nitrogens with one attached hydrogen (secondary N) is 1. The Bertz CT molecular complexity index is 760. The van der Waals surface area contributed by atoms with Crippen LogP contribution in [0.25, 0.3) is 5.57 Å². The Morgan fingerprint density at radius 1 is 1.28 bits per heavy atom. The first-order valence-electron chi connectivity index (χ1n) is 7.29. The first kappa shape index (κ1) is 17.2. The molecule has 3 rings (SSSR count). The van der Waals surface area contributed by atoms with E-state index in [0.29, 0.717) is 25.2 Å². The van der Waals surface area contributed by atoms with Crippen LogP contribution in [0.4, 0.5) is 23.7 Å². The van der Waals surface area contributed by atoms with Gasteiger partial charge in [0.05, 0.1) is 23.6 Å². The van der Waals surface area contributed by atoms with Gasteiger partial charge in [-0.1, -0.05) is 6.08 Å². The van der Waals surface area contributed by atoms with Crippen molar-refractivity contribution in [1.29, 1.82) is 0 Å². The lowest BCUT2D eigenvalue weighted by atomic mass is 10.1. The quantitative estimate of drug-likeness (QED) is 0.893. The molecule has 6 nitrogen and oxygen atoms in total. The van der Waals surface area contributed by atoms with Crippen molar-refractivity contribution in [3.63, 3.8) is 0 Å². The summed E-state index contributed by atoms with van der Waals surface area (Å²) in [5, 5.41) is 2.65. The molecule has 0 spiro atoms. The summed E-state index contributed by atoms with van der Waals surface area (Å²) >= 11 is 1.13. The number of hydrogen-bond donors (Lipinski definition) is 1. The summed E-state index contributed by atoms with van der Waals surface area (Å²) in [6, 6.07) is 4.67. The van der Waals surface area contributed by atoms with E-state index in [-0.39, 0.29) is 11.8 Å². The van der Waals surface area contributed by atoms with Crippen molar-refractivity contribution in [3.05, 3.63) is 42.2 Å². The first-order chi connectivity index (χ1) is 11.9. The molecule has 0 aliphatic carbocycles. The molecule has 10 heteroatoms. The fourth-order valence-electron chi connectivity index (χ4n) is 2.33. The summed E-state index contributed by atoms with van der Waals surface area (Å²) in [6.45, 7) is 0.943. The Balaban J connectivity index is 1.56. The largest absolute Gasteiger partial charge is 0.573 e. The smallest absolute Gasteiger partial charge is 0.406 e. The van der Waals surface area contributed by atoms with Crippen molar-refractivity contribution < 1.29 is 22.7 Å². The number of carbonyl (C=O) groups excluding carboxylic acids is 1. The van der Waals surface area contributed by atoms with E-state index in [1.54, 1.807) is 11.1 Å². The van der Waals surface area contributed by atoms with Gasteiger partial charge >= 0.3 is 12.4 Å². The van der Waals surface area contributed by atoms with Crippen LogP contribution in [-0.4, -0.2) is 39.1 Å². The van der Waals surface area contributed by atoms with Crippen LogP contribution >= 0.6 is 11.7 Å². The topological polar surface area (TPSA) is 67.3 Å². The molecule has 1 aromatic carbocycles. The molecule has 0 saturated heterocycles. The predicted octanol–water partition coefficient (Wildman–Crippen LogP) is 3.76. The van der Waals surface area contributed by atoms with Gasteiger partial charge in [0.1, 0.15) is 5.75 Å². The second-order valence-electron chi connectivity index (χ2n) is 5.22. The molecule has 2 aromatic rings. The van der Waals surface area contributed by atoms with Gasteiger partial charge in [0.15, 0.2) is 0 Å². The van der Waals surface area contributed by atoms with Crippen LogP contribution in [0, 0.1) is 0 Å². The van der Waals surface area contributed by atoms with E-state index in [1.165, 1.54) is 12.1 Å². The van der Waals surface area contributed by atoms with Gasteiger partial charge in [0, 0.05) is 18.8 Å². The average Bonchev–Trinajstić information content (AvgIpc) is 3.10. The van der Waals surface area contributed by atoms with Gasteiger partial charge in [0.25, 0.3) is 0 Å². The predicted molar refractivity (Wildman–Crippen MR) is 86.2 cm³/mol. The molecule has 1 N–H and O–H groups in total. The third-order valence-electron chi connectivity index (χ3n) is 3.53. The summed E-state index contributed by atoms with van der Waals surface area (Å²) in [5.41, 5.74) is 2.26. The van der Waals surface area contributed by atoms with Crippen LogP contribution in [-0.2, 0) is 0 Å². The minimum absolute atomic E-state index is 0.323. The number of rotatable bonds is 3. The van der Waals surface area contributed by atoms with Crippen molar-refractivity contribution in [3.8, 4) is 5.75 Å². The van der Waals surface area contributed by atoms with E-state index < -0.39 is 6.36 Å². The van der Waals surface area contributed by atoms with Gasteiger partial charge in [-0.15, -0.1) is 13.2 Å². The standard InChI is InChI=1S/C15H13F3N4O2S/c16-15(17,18)24-12-3-1-11(2-4-12)20-14(23)22-7-5-10(6-8-22)13-9-19-25-21-13/h1-5,9H,6-8H2,(H,20,23). The van der Waals surface area contributed by atoms with Crippen molar-refractivity contribution in [2.75, 3.05) is 18.4 Å². The van der Waals surface area contributed by atoms with Crippen molar-refractivity contribution in [2.45, 2.75) is 12.8 Å². The lowest BCUT2D eigenvalue weighted by molar-refractivity contribution is -0.274. The molecule has 0 radical (unpaired) electrons.